The number of carbonyl (C=O) groups is 3. The number of fused-ring (bicyclic) bond motifs is 14. The Balaban J connectivity index is 1.18. The monoisotopic (exact) mass is 723 g/mol. The van der Waals surface area contributed by atoms with E-state index in [1.165, 1.54) is 31.3 Å². The molecule has 1 aliphatic rings. The highest BCUT2D eigenvalue weighted by molar-refractivity contribution is 5.98. The zero-order chi connectivity index (χ0) is 37.1. The Morgan fingerprint density at radius 2 is 1.26 bits per heavy atom. The summed E-state index contributed by atoms with van der Waals surface area (Å²) in [4.78, 5) is 65.1. The summed E-state index contributed by atoms with van der Waals surface area (Å²) in [5, 5.41) is 9.04. The second-order valence-corrected chi connectivity index (χ2v) is 13.2. The minimum Gasteiger partial charge on any atom is -0.446 e. The van der Waals surface area contributed by atoms with Crippen LogP contribution < -0.4 is 16.0 Å². The number of hydrogen-bond acceptors (Lipinski definition) is 15. The lowest BCUT2D eigenvalue weighted by Gasteiger charge is -2.24. The van der Waals surface area contributed by atoms with Crippen molar-refractivity contribution in [1.82, 2.24) is 40.5 Å². The molecule has 5 aromatic heterocycles. The predicted molar refractivity (Wildman–Crippen MR) is 187 cm³/mol. The summed E-state index contributed by atoms with van der Waals surface area (Å²) in [6, 6.07) is 6.75. The fourth-order valence-electron chi connectivity index (χ4n) is 5.61. The number of likely N-dealkylation sites (N-methyl/N-ethyl adjacent to an activating group) is 1. The standard InChI is InChI=1S/C36H37N9O8/c1-19(2)30-32(48)38-13-29-39-24(15-49-29)33-41-26(17-51-33)35-43-27(18-53-35)36-42-25(16-52-36)34-40-23(14-50-34)28(46)12-21(31(47)44-30)11-20-5-7-22(8-6-20)37-9-10-45(3)4/h5-8,14-19,21,30,37H,9-13H2,1-4H3,(H,38,48)(H,44,47). The molecule has 7 rings (SSSR count). The first kappa shape index (κ1) is 35.1. The van der Waals surface area contributed by atoms with Gasteiger partial charge in [0.15, 0.2) is 28.6 Å². The molecule has 53 heavy (non-hydrogen) atoms. The molecular formula is C36H37N9O8. The molecule has 0 aliphatic carbocycles. The van der Waals surface area contributed by atoms with Gasteiger partial charge in [-0.15, -0.1) is 0 Å². The minimum absolute atomic E-state index is 0.00581. The minimum atomic E-state index is -0.927. The van der Waals surface area contributed by atoms with Crippen LogP contribution in [0.1, 0.15) is 42.2 Å². The Morgan fingerprint density at radius 1 is 0.736 bits per heavy atom. The third kappa shape index (κ3) is 8.09. The van der Waals surface area contributed by atoms with Crippen molar-refractivity contribution in [2.75, 3.05) is 32.5 Å². The van der Waals surface area contributed by atoms with E-state index in [4.69, 9.17) is 22.1 Å². The first-order valence-corrected chi connectivity index (χ1v) is 17.0. The molecule has 0 saturated heterocycles. The maximum Gasteiger partial charge on any atom is 0.249 e. The van der Waals surface area contributed by atoms with Crippen LogP contribution in [0.3, 0.4) is 0 Å². The van der Waals surface area contributed by atoms with Gasteiger partial charge in [0.2, 0.25) is 41.3 Å². The summed E-state index contributed by atoms with van der Waals surface area (Å²) in [7, 11) is 4.01. The van der Waals surface area contributed by atoms with Gasteiger partial charge in [-0.25, -0.2) is 24.9 Å². The third-order valence-corrected chi connectivity index (χ3v) is 8.52. The zero-order valence-electron chi connectivity index (χ0n) is 29.4. The molecule has 1 aromatic carbocycles. The summed E-state index contributed by atoms with van der Waals surface area (Å²) < 4.78 is 28.0. The van der Waals surface area contributed by atoms with E-state index in [1.54, 1.807) is 0 Å². The molecule has 2 atom stereocenters. The lowest BCUT2D eigenvalue weighted by Crippen LogP contribution is -2.51. The topological polar surface area (TPSA) is 221 Å². The van der Waals surface area contributed by atoms with Gasteiger partial charge in [-0.05, 0) is 44.1 Å². The fourth-order valence-corrected chi connectivity index (χ4v) is 5.61. The molecule has 3 N–H and O–H groups in total. The molecule has 2 amide bonds. The van der Waals surface area contributed by atoms with E-state index in [0.717, 1.165) is 24.3 Å². The molecule has 0 spiro atoms. The number of ketones is 1. The van der Waals surface area contributed by atoms with E-state index in [2.05, 4.69) is 45.8 Å². The van der Waals surface area contributed by atoms with Crippen LogP contribution in [0.4, 0.5) is 5.69 Å². The van der Waals surface area contributed by atoms with Gasteiger partial charge in [0.25, 0.3) is 0 Å². The third-order valence-electron chi connectivity index (χ3n) is 8.52. The number of rotatable bonds is 7. The molecule has 2 unspecified atom stereocenters. The Labute approximate surface area is 302 Å². The van der Waals surface area contributed by atoms with Gasteiger partial charge in [-0.3, -0.25) is 14.4 Å². The number of aromatic nitrogens is 5. The van der Waals surface area contributed by atoms with E-state index in [0.29, 0.717) is 0 Å². The van der Waals surface area contributed by atoms with Crippen molar-refractivity contribution in [1.29, 1.82) is 0 Å². The Kier molecular flexibility index (Phi) is 9.98. The summed E-state index contributed by atoms with van der Waals surface area (Å²) in [5.74, 6) is -1.91. The number of hydrogen-bond donors (Lipinski definition) is 3. The summed E-state index contributed by atoms with van der Waals surface area (Å²) >= 11 is 0. The number of benzene rings is 1. The first-order valence-electron chi connectivity index (χ1n) is 17.0. The van der Waals surface area contributed by atoms with Crippen LogP contribution >= 0.6 is 0 Å². The van der Waals surface area contributed by atoms with E-state index in [-0.39, 0.29) is 83.2 Å². The van der Waals surface area contributed by atoms with Crippen LogP contribution in [-0.2, 0) is 22.6 Å². The number of amides is 2. The van der Waals surface area contributed by atoms with E-state index >= 15 is 0 Å². The largest absolute Gasteiger partial charge is 0.446 e. The number of Topliss-reactive ketones (excluding diaryl/α,β-unsaturated/α-hetero) is 1. The summed E-state index contributed by atoms with van der Waals surface area (Å²) in [5.41, 5.74) is 2.80. The van der Waals surface area contributed by atoms with Gasteiger partial charge in [0, 0.05) is 31.1 Å². The average Bonchev–Trinajstić information content (AvgIpc) is 3.98. The molecule has 17 heteroatoms. The molecule has 1 aliphatic heterocycles. The molecule has 0 saturated carbocycles. The van der Waals surface area contributed by atoms with E-state index < -0.39 is 29.6 Å². The zero-order valence-corrected chi connectivity index (χ0v) is 29.4. The predicted octanol–water partition coefficient (Wildman–Crippen LogP) is 4.47. The van der Waals surface area contributed by atoms with Gasteiger partial charge in [0.1, 0.15) is 43.1 Å². The van der Waals surface area contributed by atoms with Crippen LogP contribution in [0, 0.1) is 11.8 Å². The van der Waals surface area contributed by atoms with Crippen molar-refractivity contribution < 1.29 is 36.5 Å². The van der Waals surface area contributed by atoms with Crippen molar-refractivity contribution in [2.45, 2.75) is 39.3 Å². The van der Waals surface area contributed by atoms with E-state index in [9.17, 15) is 14.4 Å². The van der Waals surface area contributed by atoms with Crippen molar-refractivity contribution in [3.8, 4) is 46.3 Å². The fraction of sp³-hybridized carbons (Fsp3) is 0.333. The molecule has 0 fully saturated rings. The Morgan fingerprint density at radius 3 is 1.83 bits per heavy atom. The highest BCUT2D eigenvalue weighted by Crippen LogP contribution is 2.29. The normalized spacial score (nSPS) is 16.8. The molecule has 6 aromatic rings. The Hall–Kier alpha value is -6.36. The van der Waals surface area contributed by atoms with Crippen LogP contribution in [0.5, 0.6) is 0 Å². The highest BCUT2D eigenvalue weighted by atomic mass is 16.4. The summed E-state index contributed by atoms with van der Waals surface area (Å²) in [6.45, 7) is 5.18. The van der Waals surface area contributed by atoms with Crippen LogP contribution in [-0.4, -0.2) is 80.6 Å². The number of nitrogens with one attached hydrogen (secondary N) is 3. The number of nitrogens with zero attached hydrogens (tertiary/aromatic N) is 6. The second kappa shape index (κ2) is 15.1. The highest BCUT2D eigenvalue weighted by Gasteiger charge is 2.31. The number of oxazole rings is 5. The lowest BCUT2D eigenvalue weighted by atomic mass is 9.91. The maximum absolute atomic E-state index is 14.0. The van der Waals surface area contributed by atoms with Crippen molar-refractivity contribution >= 4 is 23.3 Å². The van der Waals surface area contributed by atoms with Gasteiger partial charge in [0.05, 0.1) is 6.54 Å². The van der Waals surface area contributed by atoms with Gasteiger partial charge >= 0.3 is 0 Å². The molecule has 0 radical (unpaired) electrons. The average molecular weight is 724 g/mol. The Bertz CT molecular complexity index is 2210. The molecule has 10 bridgehead atoms. The number of anilines is 1. The van der Waals surface area contributed by atoms with Gasteiger partial charge in [-0.1, -0.05) is 26.0 Å². The quantitative estimate of drug-likeness (QED) is 0.207. The molecular weight excluding hydrogens is 686 g/mol. The van der Waals surface area contributed by atoms with Crippen molar-refractivity contribution in [2.24, 2.45) is 11.8 Å². The van der Waals surface area contributed by atoms with Gasteiger partial charge < -0.3 is 42.9 Å². The molecule has 6 heterocycles. The maximum atomic E-state index is 14.0. The smallest absolute Gasteiger partial charge is 0.249 e. The van der Waals surface area contributed by atoms with E-state index in [1.807, 2.05) is 52.2 Å². The van der Waals surface area contributed by atoms with Crippen molar-refractivity contribution in [3.63, 3.8) is 0 Å². The van der Waals surface area contributed by atoms with Gasteiger partial charge in [-0.2, -0.15) is 0 Å². The molecule has 274 valence electrons. The van der Waals surface area contributed by atoms with Crippen molar-refractivity contribution in [3.05, 3.63) is 72.7 Å². The van der Waals surface area contributed by atoms with Crippen LogP contribution in [0.2, 0.25) is 0 Å². The molecule has 17 nitrogen and oxygen atoms in total. The van der Waals surface area contributed by atoms with Crippen LogP contribution in [0.15, 0.2) is 77.7 Å². The first-order chi connectivity index (χ1) is 25.6. The lowest BCUT2D eigenvalue weighted by molar-refractivity contribution is -0.132. The van der Waals surface area contributed by atoms with Crippen LogP contribution in [0.25, 0.3) is 46.3 Å². The second-order valence-electron chi connectivity index (χ2n) is 13.2. The SMILES string of the molecule is CC(C)C1NC(=O)C(Cc2ccc(NCCN(C)C)cc2)CC(=O)c2coc(n2)-c2coc(n2)-c2coc(n2)-c2coc(n2)-c2coc(n2)CNC1=O. The number of carbonyl (C=O) groups excluding carboxylic acids is 3. The summed E-state index contributed by atoms with van der Waals surface area (Å²) in [6.07, 6.45) is 6.57.